The van der Waals surface area contributed by atoms with E-state index in [1.54, 1.807) is 6.08 Å². The molecule has 2 rings (SSSR count). The first-order chi connectivity index (χ1) is 12.3. The van der Waals surface area contributed by atoms with Crippen molar-refractivity contribution in [2.24, 2.45) is 4.99 Å². The highest BCUT2D eigenvalue weighted by Gasteiger charge is 2.27. The van der Waals surface area contributed by atoms with Gasteiger partial charge in [0.05, 0.1) is 6.54 Å². The van der Waals surface area contributed by atoms with Gasteiger partial charge in [-0.15, -0.1) is 0 Å². The van der Waals surface area contributed by atoms with Crippen LogP contribution in [0.3, 0.4) is 0 Å². The lowest BCUT2D eigenvalue weighted by Gasteiger charge is -2.20. The van der Waals surface area contributed by atoms with Crippen molar-refractivity contribution in [3.8, 4) is 5.75 Å². The molecule has 0 aliphatic heterocycles. The molecule has 0 aromatic heterocycles. The van der Waals surface area contributed by atoms with Gasteiger partial charge in [0.1, 0.15) is 12.4 Å². The Balaban J connectivity index is 1.89. The first kappa shape index (κ1) is 19.3. The first-order valence-corrected chi connectivity index (χ1v) is 9.36. The minimum atomic E-state index is 0.507. The maximum absolute atomic E-state index is 5.70. The van der Waals surface area contributed by atoms with Crippen LogP contribution in [0.25, 0.3) is 0 Å². The number of guanidine groups is 1. The van der Waals surface area contributed by atoms with E-state index in [1.165, 1.54) is 12.8 Å². The highest BCUT2D eigenvalue weighted by Crippen LogP contribution is 2.25. The second-order valence-electron chi connectivity index (χ2n) is 6.19. The Morgan fingerprint density at radius 1 is 1.32 bits per heavy atom. The number of likely N-dealkylation sites (N-methyl/N-ethyl adjacent to an activating group) is 1. The number of hydrogen-bond acceptors (Lipinski definition) is 3. The van der Waals surface area contributed by atoms with Crippen molar-refractivity contribution in [1.29, 1.82) is 0 Å². The molecule has 0 unspecified atom stereocenters. The highest BCUT2D eigenvalue weighted by molar-refractivity contribution is 5.79. The van der Waals surface area contributed by atoms with E-state index in [-0.39, 0.29) is 0 Å². The molecule has 0 saturated heterocycles. The Morgan fingerprint density at radius 2 is 2.12 bits per heavy atom. The predicted molar refractivity (Wildman–Crippen MR) is 105 cm³/mol. The van der Waals surface area contributed by atoms with Crippen LogP contribution in [0.15, 0.2) is 41.9 Å². The number of hydrogen-bond donors (Lipinski definition) is 2. The lowest BCUT2D eigenvalue weighted by molar-refractivity contribution is 0.282. The maximum atomic E-state index is 5.70. The fourth-order valence-electron chi connectivity index (χ4n) is 2.79. The number of nitrogens with zero attached hydrogens (tertiary/aromatic N) is 2. The molecule has 2 N–H and O–H groups in total. The third-order valence-electron chi connectivity index (χ3n) is 4.24. The fourth-order valence-corrected chi connectivity index (χ4v) is 2.79. The van der Waals surface area contributed by atoms with E-state index in [4.69, 9.17) is 9.73 Å². The van der Waals surface area contributed by atoms with E-state index in [0.717, 1.165) is 49.5 Å². The van der Waals surface area contributed by atoms with Crippen LogP contribution in [0, 0.1) is 0 Å². The molecular weight excluding hydrogens is 312 g/mol. The molecule has 1 aliphatic carbocycles. The van der Waals surface area contributed by atoms with Crippen molar-refractivity contribution in [2.45, 2.75) is 39.3 Å². The Labute approximate surface area is 152 Å². The standard InChI is InChI=1S/C20H32N4O/c1-4-15-25-19-10-8-7-9-17(19)16-23-20(21-5-2)22-13-14-24(6-3)18-11-12-18/h4,7-10,18H,1,5-6,11-16H2,2-3H3,(H2,21,22,23). The third-order valence-corrected chi connectivity index (χ3v) is 4.24. The second-order valence-corrected chi connectivity index (χ2v) is 6.19. The zero-order valence-corrected chi connectivity index (χ0v) is 15.6. The normalized spacial score (nSPS) is 14.4. The molecule has 5 heteroatoms. The molecule has 25 heavy (non-hydrogen) atoms. The van der Waals surface area contributed by atoms with Crippen LogP contribution >= 0.6 is 0 Å². The molecule has 0 spiro atoms. The van der Waals surface area contributed by atoms with E-state index < -0.39 is 0 Å². The lowest BCUT2D eigenvalue weighted by Crippen LogP contribution is -2.42. The fraction of sp³-hybridized carbons (Fsp3) is 0.550. The van der Waals surface area contributed by atoms with Gasteiger partial charge in [0.2, 0.25) is 0 Å². The van der Waals surface area contributed by atoms with Crippen molar-refractivity contribution >= 4 is 5.96 Å². The van der Waals surface area contributed by atoms with Crippen LogP contribution in [-0.2, 0) is 6.54 Å². The molecule has 1 aromatic carbocycles. The van der Waals surface area contributed by atoms with Crippen molar-refractivity contribution in [3.63, 3.8) is 0 Å². The van der Waals surface area contributed by atoms with Gasteiger partial charge in [-0.25, -0.2) is 4.99 Å². The van der Waals surface area contributed by atoms with Crippen molar-refractivity contribution in [1.82, 2.24) is 15.5 Å². The smallest absolute Gasteiger partial charge is 0.191 e. The minimum Gasteiger partial charge on any atom is -0.489 e. The average Bonchev–Trinajstić information content (AvgIpc) is 3.47. The van der Waals surface area contributed by atoms with Crippen LogP contribution in [0.5, 0.6) is 5.75 Å². The second kappa shape index (κ2) is 10.8. The Morgan fingerprint density at radius 3 is 2.80 bits per heavy atom. The number of rotatable bonds is 11. The van der Waals surface area contributed by atoms with Gasteiger partial charge < -0.3 is 15.4 Å². The van der Waals surface area contributed by atoms with Gasteiger partial charge in [-0.2, -0.15) is 0 Å². The van der Waals surface area contributed by atoms with Crippen molar-refractivity contribution in [2.75, 3.05) is 32.8 Å². The van der Waals surface area contributed by atoms with Gasteiger partial charge in [0.25, 0.3) is 0 Å². The van der Waals surface area contributed by atoms with Gasteiger partial charge >= 0.3 is 0 Å². The first-order valence-electron chi connectivity index (χ1n) is 9.36. The Kier molecular flexibility index (Phi) is 8.32. The summed E-state index contributed by atoms with van der Waals surface area (Å²) in [5, 5.41) is 6.76. The topological polar surface area (TPSA) is 48.9 Å². The summed E-state index contributed by atoms with van der Waals surface area (Å²) < 4.78 is 5.70. The summed E-state index contributed by atoms with van der Waals surface area (Å²) in [5.74, 6) is 1.72. The number of aliphatic imine (C=N–C) groups is 1. The highest BCUT2D eigenvalue weighted by atomic mass is 16.5. The van der Waals surface area contributed by atoms with Crippen LogP contribution < -0.4 is 15.4 Å². The summed E-state index contributed by atoms with van der Waals surface area (Å²) in [4.78, 5) is 7.24. The predicted octanol–water partition coefficient (Wildman–Crippen LogP) is 2.79. The SMILES string of the molecule is C=CCOc1ccccc1CN=C(NCC)NCCN(CC)C1CC1. The molecular formula is C20H32N4O. The van der Waals surface area contributed by atoms with E-state index in [2.05, 4.69) is 42.0 Å². The molecule has 0 radical (unpaired) electrons. The quantitative estimate of drug-likeness (QED) is 0.368. The Hall–Kier alpha value is -2.01. The van der Waals surface area contributed by atoms with Crippen molar-refractivity contribution < 1.29 is 4.74 Å². The van der Waals surface area contributed by atoms with E-state index in [9.17, 15) is 0 Å². The third kappa shape index (κ3) is 6.78. The zero-order valence-electron chi connectivity index (χ0n) is 15.6. The summed E-state index contributed by atoms with van der Waals surface area (Å²) in [6.07, 6.45) is 4.46. The van der Waals surface area contributed by atoms with Gasteiger partial charge in [-0.05, 0) is 32.4 Å². The van der Waals surface area contributed by atoms with Gasteiger partial charge in [-0.1, -0.05) is 37.8 Å². The van der Waals surface area contributed by atoms with Gasteiger partial charge in [0.15, 0.2) is 5.96 Å². The largest absolute Gasteiger partial charge is 0.489 e. The molecule has 1 aromatic rings. The molecule has 1 aliphatic rings. The summed E-state index contributed by atoms with van der Waals surface area (Å²) in [7, 11) is 0. The van der Waals surface area contributed by atoms with Gasteiger partial charge in [0, 0.05) is 31.2 Å². The summed E-state index contributed by atoms with van der Waals surface area (Å²) >= 11 is 0. The zero-order chi connectivity index (χ0) is 17.9. The molecule has 0 amide bonds. The molecule has 5 nitrogen and oxygen atoms in total. The van der Waals surface area contributed by atoms with E-state index in [0.29, 0.717) is 13.2 Å². The molecule has 1 saturated carbocycles. The van der Waals surface area contributed by atoms with Crippen LogP contribution in [0.4, 0.5) is 0 Å². The molecule has 0 heterocycles. The number of ether oxygens (including phenoxy) is 1. The molecule has 0 bridgehead atoms. The summed E-state index contributed by atoms with van der Waals surface area (Å²) in [6.45, 7) is 13.0. The number of benzene rings is 1. The molecule has 0 atom stereocenters. The lowest BCUT2D eigenvalue weighted by atomic mass is 10.2. The van der Waals surface area contributed by atoms with Crippen LogP contribution in [0.2, 0.25) is 0 Å². The minimum absolute atomic E-state index is 0.507. The number of nitrogens with one attached hydrogen (secondary N) is 2. The molecule has 1 fully saturated rings. The molecule has 138 valence electrons. The monoisotopic (exact) mass is 344 g/mol. The summed E-state index contributed by atoms with van der Waals surface area (Å²) in [6, 6.07) is 8.83. The van der Waals surface area contributed by atoms with Crippen LogP contribution in [0.1, 0.15) is 32.3 Å². The summed E-state index contributed by atoms with van der Waals surface area (Å²) in [5.41, 5.74) is 1.08. The van der Waals surface area contributed by atoms with Crippen LogP contribution in [-0.4, -0.2) is 49.7 Å². The Bertz CT molecular complexity index is 554. The average molecular weight is 345 g/mol. The number of para-hydroxylation sites is 1. The van der Waals surface area contributed by atoms with Crippen molar-refractivity contribution in [3.05, 3.63) is 42.5 Å². The van der Waals surface area contributed by atoms with E-state index in [1.807, 2.05) is 18.2 Å². The maximum Gasteiger partial charge on any atom is 0.191 e. The van der Waals surface area contributed by atoms with Gasteiger partial charge in [-0.3, -0.25) is 4.90 Å². The van der Waals surface area contributed by atoms with E-state index >= 15 is 0 Å².